The van der Waals surface area contributed by atoms with Crippen LogP contribution in [0, 0.1) is 6.92 Å². The summed E-state index contributed by atoms with van der Waals surface area (Å²) in [5.74, 6) is 0.608. The van der Waals surface area contributed by atoms with Crippen LogP contribution in [0.1, 0.15) is 21.8 Å². The minimum absolute atomic E-state index is 0.189. The van der Waals surface area contributed by atoms with Gasteiger partial charge in [0.1, 0.15) is 11.5 Å². The first-order valence-electron chi connectivity index (χ1n) is 8.32. The third-order valence-corrected chi connectivity index (χ3v) is 3.91. The highest BCUT2D eigenvalue weighted by atomic mass is 16.5. The Morgan fingerprint density at radius 2 is 1.78 bits per heavy atom. The summed E-state index contributed by atoms with van der Waals surface area (Å²) in [6.45, 7) is 1.98. The molecule has 2 N–H and O–H groups in total. The van der Waals surface area contributed by atoms with Crippen LogP contribution >= 0.6 is 0 Å². The highest BCUT2D eigenvalue weighted by Gasteiger charge is 2.15. The molecule has 1 heterocycles. The van der Waals surface area contributed by atoms with E-state index in [0.717, 1.165) is 5.56 Å². The SMILES string of the molecule is COC(=O)c1ccccc1NC(=O)NCc1nc(-c2ccccc2)oc1C. The van der Waals surface area contributed by atoms with Gasteiger partial charge in [-0.1, -0.05) is 30.3 Å². The Balaban J connectivity index is 1.65. The lowest BCUT2D eigenvalue weighted by Gasteiger charge is -2.10. The molecule has 138 valence electrons. The lowest BCUT2D eigenvalue weighted by atomic mass is 10.2. The van der Waals surface area contributed by atoms with E-state index in [1.54, 1.807) is 31.2 Å². The molecular weight excluding hydrogens is 346 g/mol. The number of anilines is 1. The van der Waals surface area contributed by atoms with Gasteiger partial charge in [-0.25, -0.2) is 14.6 Å². The second kappa shape index (κ2) is 8.18. The first-order chi connectivity index (χ1) is 13.1. The highest BCUT2D eigenvalue weighted by Crippen LogP contribution is 2.21. The van der Waals surface area contributed by atoms with Crippen molar-refractivity contribution in [3.63, 3.8) is 0 Å². The lowest BCUT2D eigenvalue weighted by molar-refractivity contribution is 0.0602. The molecule has 2 aromatic carbocycles. The summed E-state index contributed by atoms with van der Waals surface area (Å²) in [5, 5.41) is 5.36. The van der Waals surface area contributed by atoms with E-state index in [9.17, 15) is 9.59 Å². The van der Waals surface area contributed by atoms with Crippen molar-refractivity contribution in [2.75, 3.05) is 12.4 Å². The Morgan fingerprint density at radius 1 is 1.07 bits per heavy atom. The first-order valence-corrected chi connectivity index (χ1v) is 8.32. The molecule has 3 aromatic rings. The molecule has 27 heavy (non-hydrogen) atoms. The van der Waals surface area contributed by atoms with Gasteiger partial charge >= 0.3 is 12.0 Å². The molecule has 0 spiro atoms. The number of aryl methyl sites for hydroxylation is 1. The van der Waals surface area contributed by atoms with Crippen LogP contribution in [0.3, 0.4) is 0 Å². The summed E-state index contributed by atoms with van der Waals surface area (Å²) < 4.78 is 10.4. The third kappa shape index (κ3) is 4.33. The Hall–Kier alpha value is -3.61. The average Bonchev–Trinajstić information content (AvgIpc) is 3.07. The number of oxazole rings is 1. The molecule has 0 aliphatic rings. The van der Waals surface area contributed by atoms with Gasteiger partial charge < -0.3 is 19.8 Å². The number of rotatable bonds is 5. The van der Waals surface area contributed by atoms with Crippen molar-refractivity contribution in [2.24, 2.45) is 0 Å². The van der Waals surface area contributed by atoms with Crippen LogP contribution in [0.2, 0.25) is 0 Å². The van der Waals surface area contributed by atoms with Gasteiger partial charge in [-0.2, -0.15) is 0 Å². The number of aromatic nitrogens is 1. The zero-order valence-corrected chi connectivity index (χ0v) is 15.0. The van der Waals surface area contributed by atoms with Crippen molar-refractivity contribution >= 4 is 17.7 Å². The molecular formula is C20H19N3O4. The molecule has 0 unspecified atom stereocenters. The van der Waals surface area contributed by atoms with Crippen molar-refractivity contribution in [1.82, 2.24) is 10.3 Å². The molecule has 0 aliphatic carbocycles. The van der Waals surface area contributed by atoms with Crippen LogP contribution in [0.15, 0.2) is 59.0 Å². The molecule has 2 amide bonds. The minimum atomic E-state index is -0.522. The van der Waals surface area contributed by atoms with Gasteiger partial charge in [0.05, 0.1) is 24.9 Å². The number of nitrogens with one attached hydrogen (secondary N) is 2. The predicted octanol–water partition coefficient (Wildman–Crippen LogP) is 3.76. The second-order valence-electron chi connectivity index (χ2n) is 5.73. The van der Waals surface area contributed by atoms with Crippen LogP contribution in [-0.2, 0) is 11.3 Å². The fourth-order valence-electron chi connectivity index (χ4n) is 2.51. The third-order valence-electron chi connectivity index (χ3n) is 3.91. The van der Waals surface area contributed by atoms with E-state index in [-0.39, 0.29) is 12.1 Å². The minimum Gasteiger partial charge on any atom is -0.465 e. The number of hydrogen-bond acceptors (Lipinski definition) is 5. The fraction of sp³-hybridized carbons (Fsp3) is 0.150. The molecule has 0 saturated heterocycles. The van der Waals surface area contributed by atoms with Crippen LogP contribution in [-0.4, -0.2) is 24.1 Å². The molecule has 0 aliphatic heterocycles. The molecule has 3 rings (SSSR count). The number of nitrogens with zero attached hydrogens (tertiary/aromatic N) is 1. The normalized spacial score (nSPS) is 10.3. The van der Waals surface area contributed by atoms with E-state index in [0.29, 0.717) is 23.0 Å². The lowest BCUT2D eigenvalue weighted by Crippen LogP contribution is -2.29. The number of methoxy groups -OCH3 is 1. The van der Waals surface area contributed by atoms with Crippen LogP contribution in [0.4, 0.5) is 10.5 Å². The van der Waals surface area contributed by atoms with E-state index < -0.39 is 12.0 Å². The molecule has 0 atom stereocenters. The number of carbonyl (C=O) groups excluding carboxylic acids is 2. The van der Waals surface area contributed by atoms with E-state index in [2.05, 4.69) is 15.6 Å². The quantitative estimate of drug-likeness (QED) is 0.672. The van der Waals surface area contributed by atoms with Crippen molar-refractivity contribution < 1.29 is 18.7 Å². The summed E-state index contributed by atoms with van der Waals surface area (Å²) in [6, 6.07) is 15.7. The fourth-order valence-corrected chi connectivity index (χ4v) is 2.51. The smallest absolute Gasteiger partial charge is 0.339 e. The molecule has 1 aromatic heterocycles. The van der Waals surface area contributed by atoms with Crippen LogP contribution < -0.4 is 10.6 Å². The van der Waals surface area contributed by atoms with Gasteiger partial charge in [0.25, 0.3) is 0 Å². The summed E-state index contributed by atoms with van der Waals surface area (Å²) >= 11 is 0. The number of para-hydroxylation sites is 1. The van der Waals surface area contributed by atoms with Gasteiger partial charge in [-0.3, -0.25) is 0 Å². The average molecular weight is 365 g/mol. The molecule has 7 heteroatoms. The monoisotopic (exact) mass is 365 g/mol. The van der Waals surface area contributed by atoms with Gasteiger partial charge in [0.2, 0.25) is 5.89 Å². The summed E-state index contributed by atoms with van der Waals surface area (Å²) in [4.78, 5) is 28.4. The standard InChI is InChI=1S/C20H19N3O4/c1-13-17(22-18(27-13)14-8-4-3-5-9-14)12-21-20(25)23-16-11-7-6-10-15(16)19(24)26-2/h3-11H,12H2,1-2H3,(H2,21,23,25). The molecule has 7 nitrogen and oxygen atoms in total. The number of ether oxygens (including phenoxy) is 1. The summed E-state index contributed by atoms with van der Waals surface area (Å²) in [5.41, 5.74) is 2.14. The first kappa shape index (κ1) is 18.2. The Bertz CT molecular complexity index is 951. The van der Waals surface area contributed by atoms with Gasteiger partial charge in [-0.05, 0) is 31.2 Å². The highest BCUT2D eigenvalue weighted by molar-refractivity contribution is 6.00. The van der Waals surface area contributed by atoms with Crippen molar-refractivity contribution in [3.05, 3.63) is 71.6 Å². The number of carbonyl (C=O) groups is 2. The van der Waals surface area contributed by atoms with Gasteiger partial charge in [0, 0.05) is 5.56 Å². The van der Waals surface area contributed by atoms with Crippen LogP contribution in [0.25, 0.3) is 11.5 Å². The van der Waals surface area contributed by atoms with E-state index in [1.807, 2.05) is 30.3 Å². The van der Waals surface area contributed by atoms with E-state index in [4.69, 9.17) is 9.15 Å². The number of benzene rings is 2. The number of hydrogen-bond donors (Lipinski definition) is 2. The summed E-state index contributed by atoms with van der Waals surface area (Å²) in [6.07, 6.45) is 0. The Kier molecular flexibility index (Phi) is 5.51. The number of esters is 1. The zero-order chi connectivity index (χ0) is 19.2. The maximum atomic E-state index is 12.2. The summed E-state index contributed by atoms with van der Waals surface area (Å²) in [7, 11) is 1.29. The topological polar surface area (TPSA) is 93.5 Å². The van der Waals surface area contributed by atoms with Gasteiger partial charge in [0.15, 0.2) is 0 Å². The Morgan fingerprint density at radius 3 is 2.52 bits per heavy atom. The van der Waals surface area contributed by atoms with Crippen molar-refractivity contribution in [1.29, 1.82) is 0 Å². The van der Waals surface area contributed by atoms with Crippen molar-refractivity contribution in [3.8, 4) is 11.5 Å². The second-order valence-corrected chi connectivity index (χ2v) is 5.73. The maximum Gasteiger partial charge on any atom is 0.339 e. The van der Waals surface area contributed by atoms with E-state index in [1.165, 1.54) is 7.11 Å². The molecule has 0 fully saturated rings. The maximum absolute atomic E-state index is 12.2. The van der Waals surface area contributed by atoms with Crippen molar-refractivity contribution in [2.45, 2.75) is 13.5 Å². The predicted molar refractivity (Wildman–Crippen MR) is 100 cm³/mol. The molecule has 0 saturated carbocycles. The number of urea groups is 1. The molecule has 0 bridgehead atoms. The van der Waals surface area contributed by atoms with E-state index >= 15 is 0 Å². The molecule has 0 radical (unpaired) electrons. The number of amides is 2. The Labute approximate surface area is 156 Å². The van der Waals surface area contributed by atoms with Gasteiger partial charge in [-0.15, -0.1) is 0 Å². The zero-order valence-electron chi connectivity index (χ0n) is 15.0. The largest absolute Gasteiger partial charge is 0.465 e. The van der Waals surface area contributed by atoms with Crippen LogP contribution in [0.5, 0.6) is 0 Å².